The van der Waals surface area contributed by atoms with Crippen molar-refractivity contribution < 1.29 is 14.3 Å². The molecule has 70 valence electrons. The van der Waals surface area contributed by atoms with Gasteiger partial charge in [-0.05, 0) is 20.8 Å². The van der Waals surface area contributed by atoms with E-state index >= 15 is 0 Å². The summed E-state index contributed by atoms with van der Waals surface area (Å²) in [4.78, 5) is 10.7. The molecule has 0 spiro atoms. The number of hydrogen-bond acceptors (Lipinski definition) is 3. The van der Waals surface area contributed by atoms with Crippen molar-refractivity contribution >= 4 is 5.91 Å². The predicted octanol–water partition coefficient (Wildman–Crippen LogP) is 0.776. The van der Waals surface area contributed by atoms with Crippen molar-refractivity contribution in [1.82, 2.24) is 0 Å². The third-order valence-corrected chi connectivity index (χ3v) is 1.23. The van der Waals surface area contributed by atoms with Crippen molar-refractivity contribution in [3.05, 3.63) is 11.5 Å². The number of carbonyl (C=O) groups excluding carboxylic acids is 1. The van der Waals surface area contributed by atoms with E-state index in [1.54, 1.807) is 6.92 Å². The van der Waals surface area contributed by atoms with Crippen molar-refractivity contribution in [3.63, 3.8) is 0 Å². The minimum Gasteiger partial charge on any atom is -0.465 e. The molecule has 0 rings (SSSR count). The largest absolute Gasteiger partial charge is 0.465 e. The van der Waals surface area contributed by atoms with Gasteiger partial charge in [0.1, 0.15) is 0 Å². The highest BCUT2D eigenvalue weighted by Crippen LogP contribution is 2.06. The molecular weight excluding hydrogens is 158 g/mol. The SMILES string of the molecule is CCOC(OCC)=C(C)C(N)=O. The third kappa shape index (κ3) is 3.27. The summed E-state index contributed by atoms with van der Waals surface area (Å²) in [5.41, 5.74) is 5.36. The lowest BCUT2D eigenvalue weighted by molar-refractivity contribution is -0.115. The first-order chi connectivity index (χ1) is 5.63. The van der Waals surface area contributed by atoms with Crippen LogP contribution >= 0.6 is 0 Å². The highest BCUT2D eigenvalue weighted by atomic mass is 16.7. The molecule has 0 unspecified atom stereocenters. The molecule has 0 fully saturated rings. The van der Waals surface area contributed by atoms with Crippen LogP contribution < -0.4 is 5.73 Å². The molecule has 12 heavy (non-hydrogen) atoms. The van der Waals surface area contributed by atoms with E-state index in [2.05, 4.69) is 0 Å². The van der Waals surface area contributed by atoms with E-state index in [1.807, 2.05) is 13.8 Å². The zero-order valence-electron chi connectivity index (χ0n) is 7.72. The van der Waals surface area contributed by atoms with Gasteiger partial charge in [0.15, 0.2) is 0 Å². The molecule has 0 aliphatic heterocycles. The van der Waals surface area contributed by atoms with Crippen molar-refractivity contribution in [1.29, 1.82) is 0 Å². The van der Waals surface area contributed by atoms with Crippen LogP contribution in [0.2, 0.25) is 0 Å². The van der Waals surface area contributed by atoms with E-state index in [9.17, 15) is 4.79 Å². The molecule has 4 heteroatoms. The number of hydrogen-bond donors (Lipinski definition) is 1. The van der Waals surface area contributed by atoms with E-state index < -0.39 is 5.91 Å². The second kappa shape index (κ2) is 5.46. The Morgan fingerprint density at radius 2 is 1.67 bits per heavy atom. The Kier molecular flexibility index (Phi) is 4.92. The van der Waals surface area contributed by atoms with Gasteiger partial charge in [-0.2, -0.15) is 0 Å². The van der Waals surface area contributed by atoms with Gasteiger partial charge in [0.25, 0.3) is 11.9 Å². The van der Waals surface area contributed by atoms with Crippen LogP contribution in [-0.2, 0) is 14.3 Å². The maximum atomic E-state index is 10.7. The van der Waals surface area contributed by atoms with Gasteiger partial charge in [-0.25, -0.2) is 0 Å². The Morgan fingerprint density at radius 1 is 1.25 bits per heavy atom. The molecular formula is C8H15NO3. The number of ether oxygens (including phenoxy) is 2. The van der Waals surface area contributed by atoms with Gasteiger partial charge >= 0.3 is 0 Å². The second-order valence-electron chi connectivity index (χ2n) is 2.14. The molecule has 0 aliphatic carbocycles. The van der Waals surface area contributed by atoms with Crippen LogP contribution in [0.1, 0.15) is 20.8 Å². The maximum Gasteiger partial charge on any atom is 0.287 e. The van der Waals surface area contributed by atoms with E-state index in [0.717, 1.165) is 0 Å². The fraction of sp³-hybridized carbons (Fsp3) is 0.625. The highest BCUT2D eigenvalue weighted by Gasteiger charge is 2.09. The van der Waals surface area contributed by atoms with Crippen molar-refractivity contribution in [2.24, 2.45) is 5.73 Å². The molecule has 2 N–H and O–H groups in total. The van der Waals surface area contributed by atoms with Crippen LogP contribution in [0.25, 0.3) is 0 Å². The van der Waals surface area contributed by atoms with Gasteiger partial charge in [0.2, 0.25) is 0 Å². The van der Waals surface area contributed by atoms with Crippen LogP contribution in [0.15, 0.2) is 11.5 Å². The Balaban J connectivity index is 4.43. The van der Waals surface area contributed by atoms with Gasteiger partial charge in [0, 0.05) is 0 Å². The van der Waals surface area contributed by atoms with Crippen LogP contribution in [0, 0.1) is 0 Å². The summed E-state index contributed by atoms with van der Waals surface area (Å²) in [6.07, 6.45) is 0. The van der Waals surface area contributed by atoms with Crippen LogP contribution in [0.5, 0.6) is 0 Å². The zero-order valence-corrected chi connectivity index (χ0v) is 7.72. The molecule has 0 saturated heterocycles. The third-order valence-electron chi connectivity index (χ3n) is 1.23. The lowest BCUT2D eigenvalue weighted by Crippen LogP contribution is -2.16. The Morgan fingerprint density at radius 3 is 1.92 bits per heavy atom. The average molecular weight is 173 g/mol. The first-order valence-corrected chi connectivity index (χ1v) is 3.89. The molecule has 0 saturated carbocycles. The first-order valence-electron chi connectivity index (χ1n) is 3.89. The van der Waals surface area contributed by atoms with E-state index in [4.69, 9.17) is 15.2 Å². The van der Waals surface area contributed by atoms with E-state index in [0.29, 0.717) is 18.8 Å². The number of primary amides is 1. The zero-order chi connectivity index (χ0) is 9.56. The number of nitrogens with two attached hydrogens (primary N) is 1. The Hall–Kier alpha value is -1.19. The van der Waals surface area contributed by atoms with Gasteiger partial charge in [-0.1, -0.05) is 0 Å². The molecule has 4 nitrogen and oxygen atoms in total. The number of rotatable bonds is 5. The second-order valence-corrected chi connectivity index (χ2v) is 2.14. The summed E-state index contributed by atoms with van der Waals surface area (Å²) in [6.45, 7) is 6.11. The summed E-state index contributed by atoms with van der Waals surface area (Å²) in [5, 5.41) is 0. The summed E-state index contributed by atoms with van der Waals surface area (Å²) in [6, 6.07) is 0. The fourth-order valence-corrected chi connectivity index (χ4v) is 0.621. The van der Waals surface area contributed by atoms with Crippen molar-refractivity contribution in [2.75, 3.05) is 13.2 Å². The topological polar surface area (TPSA) is 61.6 Å². The Bertz CT molecular complexity index is 179. The number of amides is 1. The van der Waals surface area contributed by atoms with Crippen molar-refractivity contribution in [2.45, 2.75) is 20.8 Å². The summed E-state index contributed by atoms with van der Waals surface area (Å²) >= 11 is 0. The minimum absolute atomic E-state index is 0.229. The predicted molar refractivity (Wildman–Crippen MR) is 45.1 cm³/mol. The van der Waals surface area contributed by atoms with E-state index in [-0.39, 0.29) is 5.95 Å². The average Bonchev–Trinajstić information content (AvgIpc) is 2.03. The molecule has 0 atom stereocenters. The monoisotopic (exact) mass is 173 g/mol. The molecule has 0 heterocycles. The quantitative estimate of drug-likeness (QED) is 0.493. The summed E-state index contributed by atoms with van der Waals surface area (Å²) < 4.78 is 10.1. The Labute approximate surface area is 72.3 Å². The molecule has 0 bridgehead atoms. The molecule has 0 aromatic carbocycles. The van der Waals surface area contributed by atoms with Crippen molar-refractivity contribution in [3.8, 4) is 0 Å². The summed E-state index contributed by atoms with van der Waals surface area (Å²) in [7, 11) is 0. The van der Waals surface area contributed by atoms with E-state index in [1.165, 1.54) is 0 Å². The van der Waals surface area contributed by atoms with Crippen LogP contribution in [0.3, 0.4) is 0 Å². The lowest BCUT2D eigenvalue weighted by Gasteiger charge is -2.10. The summed E-state index contributed by atoms with van der Waals surface area (Å²) in [5.74, 6) is -0.292. The molecule has 0 aliphatic rings. The normalized spacial score (nSPS) is 8.92. The highest BCUT2D eigenvalue weighted by molar-refractivity contribution is 5.91. The standard InChI is InChI=1S/C8H15NO3/c1-4-11-8(12-5-2)6(3)7(9)10/h4-5H2,1-3H3,(H2,9,10). The van der Waals surface area contributed by atoms with Gasteiger partial charge < -0.3 is 15.2 Å². The van der Waals surface area contributed by atoms with Crippen LogP contribution in [-0.4, -0.2) is 19.1 Å². The lowest BCUT2D eigenvalue weighted by atomic mass is 10.3. The van der Waals surface area contributed by atoms with Crippen LogP contribution in [0.4, 0.5) is 0 Å². The number of carbonyl (C=O) groups is 1. The first kappa shape index (κ1) is 10.8. The maximum absolute atomic E-state index is 10.7. The van der Waals surface area contributed by atoms with Gasteiger partial charge in [-0.15, -0.1) is 0 Å². The smallest absolute Gasteiger partial charge is 0.287 e. The minimum atomic E-state index is -0.521. The van der Waals surface area contributed by atoms with Gasteiger partial charge in [0.05, 0.1) is 18.8 Å². The molecule has 0 radical (unpaired) electrons. The molecule has 0 aromatic rings. The molecule has 0 aromatic heterocycles. The molecule has 1 amide bonds. The van der Waals surface area contributed by atoms with Gasteiger partial charge in [-0.3, -0.25) is 4.79 Å². The fourth-order valence-electron chi connectivity index (χ4n) is 0.621.